The van der Waals surface area contributed by atoms with E-state index in [1.54, 1.807) is 29.4 Å². The third-order valence-corrected chi connectivity index (χ3v) is 5.81. The number of amides is 1. The van der Waals surface area contributed by atoms with Gasteiger partial charge in [0.2, 0.25) is 0 Å². The lowest BCUT2D eigenvalue weighted by atomic mass is 10.1. The van der Waals surface area contributed by atoms with Crippen molar-refractivity contribution >= 4 is 28.9 Å². The molecule has 0 bridgehead atoms. The number of aromatic nitrogens is 3. The van der Waals surface area contributed by atoms with Gasteiger partial charge in [0.15, 0.2) is 23.1 Å². The Morgan fingerprint density at radius 1 is 1.06 bits per heavy atom. The zero-order valence-electron chi connectivity index (χ0n) is 17.2. The maximum absolute atomic E-state index is 12.9. The summed E-state index contributed by atoms with van der Waals surface area (Å²) in [5.41, 5.74) is -0.204. The number of benzene rings is 1. The Morgan fingerprint density at radius 3 is 2.48 bits per heavy atom. The summed E-state index contributed by atoms with van der Waals surface area (Å²) < 4.78 is 43.9. The molecule has 0 N–H and O–H groups in total. The smallest absolute Gasteiger partial charge is 0.416 e. The number of alkyl halides is 3. The lowest BCUT2D eigenvalue weighted by Gasteiger charge is -2.36. The van der Waals surface area contributed by atoms with Crippen LogP contribution in [0.25, 0.3) is 10.8 Å². The van der Waals surface area contributed by atoms with Crippen LogP contribution >= 0.6 is 11.3 Å². The molecule has 3 heterocycles. The number of ether oxygens (including phenoxy) is 1. The summed E-state index contributed by atoms with van der Waals surface area (Å²) in [6.45, 7) is 0.899. The number of thiazole rings is 1. The van der Waals surface area contributed by atoms with Crippen LogP contribution in [0, 0.1) is 0 Å². The molecule has 1 aliphatic heterocycles. The largest absolute Gasteiger partial charge is 0.451 e. The minimum absolute atomic E-state index is 0.0598. The van der Waals surface area contributed by atoms with E-state index < -0.39 is 24.3 Å². The highest BCUT2D eigenvalue weighted by atomic mass is 32.1. The van der Waals surface area contributed by atoms with Crippen LogP contribution in [-0.2, 0) is 15.7 Å². The zero-order valence-corrected chi connectivity index (χ0v) is 18.0. The van der Waals surface area contributed by atoms with E-state index >= 15 is 0 Å². The predicted octanol–water partition coefficient (Wildman–Crippen LogP) is 3.12. The summed E-state index contributed by atoms with van der Waals surface area (Å²) in [5, 5.41) is 1.96. The minimum Gasteiger partial charge on any atom is -0.451 e. The lowest BCUT2D eigenvalue weighted by Crippen LogP contribution is -2.50. The molecule has 1 amide bonds. The second-order valence-electron chi connectivity index (χ2n) is 7.10. The molecule has 172 valence electrons. The summed E-state index contributed by atoms with van der Waals surface area (Å²) >= 11 is 1.19. The van der Waals surface area contributed by atoms with E-state index in [1.165, 1.54) is 27.7 Å². The predicted molar refractivity (Wildman–Crippen MR) is 114 cm³/mol. The average Bonchev–Trinajstić information content (AvgIpc) is 3.33. The fraction of sp³-hybridized carbons (Fsp3) is 0.286. The van der Waals surface area contributed by atoms with Crippen molar-refractivity contribution in [2.45, 2.75) is 6.18 Å². The SMILES string of the molecule is O=C(OCC(=O)N1CCN(c2cccc(C(F)(F)F)c2)CC1)c1csc(-c2ncccn2)n1. The standard InChI is InChI=1S/C21H18F3N5O3S/c22-21(23,24)14-3-1-4-15(11-14)28-7-9-29(10-8-28)17(30)12-32-20(31)16-13-33-19(27-16)18-25-5-2-6-26-18/h1-6,11,13H,7-10,12H2. The van der Waals surface area contributed by atoms with Gasteiger partial charge in [0, 0.05) is 49.6 Å². The fourth-order valence-corrected chi connectivity index (χ4v) is 4.00. The molecular formula is C21H18F3N5O3S. The minimum atomic E-state index is -4.41. The summed E-state index contributed by atoms with van der Waals surface area (Å²) in [4.78, 5) is 40.2. The molecular weight excluding hydrogens is 459 g/mol. The molecule has 0 spiro atoms. The Morgan fingerprint density at radius 2 is 1.79 bits per heavy atom. The molecule has 1 fully saturated rings. The van der Waals surface area contributed by atoms with Gasteiger partial charge >= 0.3 is 12.1 Å². The van der Waals surface area contributed by atoms with Gasteiger partial charge in [-0.3, -0.25) is 4.79 Å². The van der Waals surface area contributed by atoms with E-state index in [1.807, 2.05) is 0 Å². The van der Waals surface area contributed by atoms with E-state index in [4.69, 9.17) is 4.74 Å². The molecule has 3 aromatic rings. The molecule has 33 heavy (non-hydrogen) atoms. The first-order valence-electron chi connectivity index (χ1n) is 9.91. The van der Waals surface area contributed by atoms with Crippen molar-refractivity contribution in [3.63, 3.8) is 0 Å². The molecule has 8 nitrogen and oxygen atoms in total. The van der Waals surface area contributed by atoms with E-state index in [-0.39, 0.29) is 11.6 Å². The van der Waals surface area contributed by atoms with Gasteiger partial charge in [0.05, 0.1) is 5.56 Å². The first kappa shape index (κ1) is 22.6. The van der Waals surface area contributed by atoms with Crippen molar-refractivity contribution in [2.75, 3.05) is 37.7 Å². The molecule has 12 heteroatoms. The van der Waals surface area contributed by atoms with Crippen LogP contribution in [-0.4, -0.2) is 64.5 Å². The number of piperazine rings is 1. The van der Waals surface area contributed by atoms with Crippen molar-refractivity contribution in [2.24, 2.45) is 0 Å². The quantitative estimate of drug-likeness (QED) is 0.522. The number of carbonyl (C=O) groups is 2. The number of carbonyl (C=O) groups excluding carboxylic acids is 2. The molecule has 0 saturated carbocycles. The summed E-state index contributed by atoms with van der Waals surface area (Å²) in [6, 6.07) is 6.76. The number of esters is 1. The van der Waals surface area contributed by atoms with Gasteiger partial charge in [-0.15, -0.1) is 11.3 Å². The van der Waals surface area contributed by atoms with Crippen molar-refractivity contribution in [1.82, 2.24) is 19.9 Å². The number of hydrogen-bond acceptors (Lipinski definition) is 8. The Labute approximate surface area is 190 Å². The highest BCUT2D eigenvalue weighted by molar-refractivity contribution is 7.13. The summed E-state index contributed by atoms with van der Waals surface area (Å²) in [7, 11) is 0. The van der Waals surface area contributed by atoms with E-state index in [0.717, 1.165) is 12.1 Å². The monoisotopic (exact) mass is 477 g/mol. The van der Waals surface area contributed by atoms with E-state index in [2.05, 4.69) is 15.0 Å². The van der Waals surface area contributed by atoms with Gasteiger partial charge in [-0.05, 0) is 24.3 Å². The zero-order chi connectivity index (χ0) is 23.4. The third-order valence-electron chi connectivity index (χ3n) is 4.97. The van der Waals surface area contributed by atoms with Crippen LogP contribution in [0.5, 0.6) is 0 Å². The van der Waals surface area contributed by atoms with Crippen LogP contribution < -0.4 is 4.90 Å². The average molecular weight is 477 g/mol. The summed E-state index contributed by atoms with van der Waals surface area (Å²) in [5.74, 6) is -0.727. The van der Waals surface area contributed by atoms with Crippen LogP contribution in [0.15, 0.2) is 48.1 Å². The van der Waals surface area contributed by atoms with Gasteiger partial charge in [0.1, 0.15) is 0 Å². The van der Waals surface area contributed by atoms with Crippen LogP contribution in [0.4, 0.5) is 18.9 Å². The van der Waals surface area contributed by atoms with Gasteiger partial charge < -0.3 is 14.5 Å². The number of halogens is 3. The lowest BCUT2D eigenvalue weighted by molar-refractivity contribution is -0.137. The molecule has 0 radical (unpaired) electrons. The van der Waals surface area contributed by atoms with Crippen LogP contribution in [0.1, 0.15) is 16.1 Å². The molecule has 0 aliphatic carbocycles. The van der Waals surface area contributed by atoms with Gasteiger partial charge in [-0.2, -0.15) is 13.2 Å². The van der Waals surface area contributed by atoms with Crippen molar-refractivity contribution < 1.29 is 27.5 Å². The van der Waals surface area contributed by atoms with Gasteiger partial charge in [-0.1, -0.05) is 6.07 Å². The van der Waals surface area contributed by atoms with Crippen molar-refractivity contribution in [3.8, 4) is 10.8 Å². The van der Waals surface area contributed by atoms with E-state index in [0.29, 0.717) is 42.7 Å². The maximum atomic E-state index is 12.9. The third kappa shape index (κ3) is 5.45. The maximum Gasteiger partial charge on any atom is 0.416 e. The number of hydrogen-bond donors (Lipinski definition) is 0. The highest BCUT2D eigenvalue weighted by Crippen LogP contribution is 2.31. The molecule has 4 rings (SSSR count). The number of nitrogens with zero attached hydrogens (tertiary/aromatic N) is 5. The number of anilines is 1. The highest BCUT2D eigenvalue weighted by Gasteiger charge is 2.31. The topological polar surface area (TPSA) is 88.5 Å². The van der Waals surface area contributed by atoms with Crippen molar-refractivity contribution in [1.29, 1.82) is 0 Å². The van der Waals surface area contributed by atoms with E-state index in [9.17, 15) is 22.8 Å². The molecule has 0 atom stereocenters. The molecule has 1 saturated heterocycles. The Kier molecular flexibility index (Phi) is 6.54. The van der Waals surface area contributed by atoms with Gasteiger partial charge in [-0.25, -0.2) is 19.7 Å². The van der Waals surface area contributed by atoms with Gasteiger partial charge in [0.25, 0.3) is 5.91 Å². The molecule has 1 aromatic carbocycles. The fourth-order valence-electron chi connectivity index (χ4n) is 3.27. The Balaban J connectivity index is 1.28. The Hall–Kier alpha value is -3.54. The van der Waals surface area contributed by atoms with Crippen LogP contribution in [0.3, 0.4) is 0 Å². The molecule has 2 aromatic heterocycles. The normalized spacial score (nSPS) is 14.3. The molecule has 0 unspecified atom stereocenters. The first-order valence-corrected chi connectivity index (χ1v) is 10.8. The number of rotatable bonds is 5. The van der Waals surface area contributed by atoms with Crippen LogP contribution in [0.2, 0.25) is 0 Å². The first-order chi connectivity index (χ1) is 15.8. The molecule has 1 aliphatic rings. The second kappa shape index (κ2) is 9.53. The summed E-state index contributed by atoms with van der Waals surface area (Å²) in [6.07, 6.45) is -1.29. The van der Waals surface area contributed by atoms with Crippen molar-refractivity contribution in [3.05, 3.63) is 59.4 Å². The Bertz CT molecular complexity index is 1130. The second-order valence-corrected chi connectivity index (χ2v) is 7.96.